The summed E-state index contributed by atoms with van der Waals surface area (Å²) in [6, 6.07) is 11.7. The molecule has 1 unspecified atom stereocenters. The van der Waals surface area contributed by atoms with Crippen molar-refractivity contribution in [3.8, 4) is 5.88 Å². The third kappa shape index (κ3) is 2.52. The van der Waals surface area contributed by atoms with Crippen LogP contribution in [-0.2, 0) is 13.2 Å². The van der Waals surface area contributed by atoms with Crippen molar-refractivity contribution >= 4 is 5.78 Å². The highest BCUT2D eigenvalue weighted by Crippen LogP contribution is 2.23. The van der Waals surface area contributed by atoms with Crippen LogP contribution in [0.2, 0.25) is 0 Å². The van der Waals surface area contributed by atoms with Crippen molar-refractivity contribution in [2.45, 2.75) is 26.5 Å². The maximum absolute atomic E-state index is 11.9. The fourth-order valence-electron chi connectivity index (χ4n) is 2.34. The van der Waals surface area contributed by atoms with Gasteiger partial charge < -0.3 is 4.74 Å². The molecular formula is C15H16N2O2. The predicted octanol–water partition coefficient (Wildman–Crippen LogP) is 2.68. The molecule has 0 fully saturated rings. The van der Waals surface area contributed by atoms with Crippen LogP contribution < -0.4 is 4.74 Å². The monoisotopic (exact) mass is 256 g/mol. The molecule has 0 aliphatic carbocycles. The summed E-state index contributed by atoms with van der Waals surface area (Å²) in [7, 11) is 0. The maximum Gasteiger partial charge on any atom is 0.233 e. The predicted molar refractivity (Wildman–Crippen MR) is 71.1 cm³/mol. The Balaban J connectivity index is 1.73. The third-order valence-electron chi connectivity index (χ3n) is 3.29. The van der Waals surface area contributed by atoms with E-state index in [9.17, 15) is 4.79 Å². The molecule has 1 atom stereocenters. The molecule has 1 aliphatic heterocycles. The van der Waals surface area contributed by atoms with Gasteiger partial charge in [0.15, 0.2) is 5.78 Å². The molecule has 4 nitrogen and oxygen atoms in total. The van der Waals surface area contributed by atoms with Gasteiger partial charge in [0.2, 0.25) is 5.88 Å². The van der Waals surface area contributed by atoms with E-state index < -0.39 is 0 Å². The van der Waals surface area contributed by atoms with Gasteiger partial charge in [0.05, 0.1) is 0 Å². The Morgan fingerprint density at radius 2 is 2.16 bits per heavy atom. The summed E-state index contributed by atoms with van der Waals surface area (Å²) in [5.74, 6) is 1.03. The minimum Gasteiger partial charge on any atom is -0.472 e. The Morgan fingerprint density at radius 3 is 2.95 bits per heavy atom. The van der Waals surface area contributed by atoms with Crippen molar-refractivity contribution in [2.75, 3.05) is 0 Å². The van der Waals surface area contributed by atoms with Crippen molar-refractivity contribution in [3.05, 3.63) is 47.7 Å². The normalized spacial score (nSPS) is 18.2. The van der Waals surface area contributed by atoms with Gasteiger partial charge in [-0.25, -0.2) is 0 Å². The minimum absolute atomic E-state index is 0.154. The number of Topliss-reactive ketones (excluding diaryl/α,β-unsaturated/α-hetero) is 1. The Kier molecular flexibility index (Phi) is 3.07. The first-order chi connectivity index (χ1) is 9.22. The average Bonchev–Trinajstić information content (AvgIpc) is 2.81. The van der Waals surface area contributed by atoms with Gasteiger partial charge in [0.1, 0.15) is 12.3 Å². The Morgan fingerprint density at radius 1 is 1.37 bits per heavy atom. The summed E-state index contributed by atoms with van der Waals surface area (Å²) in [5, 5.41) is 4.34. The molecule has 1 aliphatic rings. The highest BCUT2D eigenvalue weighted by atomic mass is 16.5. The molecule has 0 saturated heterocycles. The largest absolute Gasteiger partial charge is 0.472 e. The zero-order valence-electron chi connectivity index (χ0n) is 10.9. The van der Waals surface area contributed by atoms with Crippen molar-refractivity contribution in [1.82, 2.24) is 9.78 Å². The van der Waals surface area contributed by atoms with E-state index in [2.05, 4.69) is 12.0 Å². The smallest absolute Gasteiger partial charge is 0.233 e. The highest BCUT2D eigenvalue weighted by molar-refractivity contribution is 5.95. The van der Waals surface area contributed by atoms with Crippen LogP contribution in [0.1, 0.15) is 29.4 Å². The fraction of sp³-hybridized carbons (Fsp3) is 0.333. The molecule has 1 aromatic heterocycles. The lowest BCUT2D eigenvalue weighted by Crippen LogP contribution is -2.23. The van der Waals surface area contributed by atoms with Crippen LogP contribution in [0.25, 0.3) is 0 Å². The molecule has 1 aromatic carbocycles. The number of carbonyl (C=O) groups is 1. The number of hydrogen-bond donors (Lipinski definition) is 0. The molecule has 2 aromatic rings. The van der Waals surface area contributed by atoms with Gasteiger partial charge in [-0.3, -0.25) is 9.48 Å². The van der Waals surface area contributed by atoms with Crippen LogP contribution in [0, 0.1) is 5.92 Å². The first-order valence-electron chi connectivity index (χ1n) is 6.50. The molecule has 98 valence electrons. The van der Waals surface area contributed by atoms with E-state index in [-0.39, 0.29) is 5.78 Å². The average molecular weight is 256 g/mol. The molecule has 0 spiro atoms. The molecule has 0 amide bonds. The van der Waals surface area contributed by atoms with Gasteiger partial charge in [-0.15, -0.1) is 5.10 Å². The highest BCUT2D eigenvalue weighted by Gasteiger charge is 2.24. The van der Waals surface area contributed by atoms with Gasteiger partial charge in [0.25, 0.3) is 0 Å². The zero-order chi connectivity index (χ0) is 13.2. The maximum atomic E-state index is 11.9. The molecule has 0 N–H and O–H groups in total. The van der Waals surface area contributed by atoms with E-state index in [4.69, 9.17) is 4.74 Å². The summed E-state index contributed by atoms with van der Waals surface area (Å²) < 4.78 is 7.40. The van der Waals surface area contributed by atoms with E-state index in [1.54, 1.807) is 10.7 Å². The number of ketones is 1. The molecule has 0 radical (unpaired) electrons. The summed E-state index contributed by atoms with van der Waals surface area (Å²) in [6.45, 7) is 3.32. The standard InChI is InChI=1S/C15H16N2O2/c1-11-7-14(18)13-8-15(16-17(13)9-11)19-10-12-5-3-2-4-6-12/h2-6,8,11H,7,9-10H2,1H3. The van der Waals surface area contributed by atoms with E-state index in [1.165, 1.54) is 0 Å². The second-order valence-corrected chi connectivity index (χ2v) is 5.06. The number of aromatic nitrogens is 2. The third-order valence-corrected chi connectivity index (χ3v) is 3.29. The molecule has 0 saturated carbocycles. The lowest BCUT2D eigenvalue weighted by atomic mass is 9.99. The fourth-order valence-corrected chi connectivity index (χ4v) is 2.34. The number of hydrogen-bond acceptors (Lipinski definition) is 3. The lowest BCUT2D eigenvalue weighted by Gasteiger charge is -2.17. The van der Waals surface area contributed by atoms with Crippen molar-refractivity contribution in [2.24, 2.45) is 5.92 Å². The number of carbonyl (C=O) groups excluding carboxylic acids is 1. The van der Waals surface area contributed by atoms with Crippen molar-refractivity contribution in [3.63, 3.8) is 0 Å². The minimum atomic E-state index is 0.154. The number of rotatable bonds is 3. The quantitative estimate of drug-likeness (QED) is 0.848. The molecule has 2 heterocycles. The van der Waals surface area contributed by atoms with E-state index in [0.717, 1.165) is 12.1 Å². The second kappa shape index (κ2) is 4.88. The first-order valence-corrected chi connectivity index (χ1v) is 6.50. The van der Waals surface area contributed by atoms with Crippen LogP contribution in [0.3, 0.4) is 0 Å². The zero-order valence-corrected chi connectivity index (χ0v) is 10.9. The molecule has 0 bridgehead atoms. The van der Waals surface area contributed by atoms with Gasteiger partial charge in [0, 0.05) is 19.0 Å². The number of fused-ring (bicyclic) bond motifs is 1. The van der Waals surface area contributed by atoms with Crippen LogP contribution in [0.4, 0.5) is 0 Å². The first kappa shape index (κ1) is 12.0. The van der Waals surface area contributed by atoms with Crippen LogP contribution in [0.15, 0.2) is 36.4 Å². The topological polar surface area (TPSA) is 44.1 Å². The van der Waals surface area contributed by atoms with Gasteiger partial charge in [-0.1, -0.05) is 37.3 Å². The summed E-state index contributed by atoms with van der Waals surface area (Å²) in [6.07, 6.45) is 0.601. The Labute approximate surface area is 112 Å². The number of nitrogens with zero attached hydrogens (tertiary/aromatic N) is 2. The molecular weight excluding hydrogens is 240 g/mol. The molecule has 3 rings (SSSR count). The van der Waals surface area contributed by atoms with Gasteiger partial charge in [-0.05, 0) is 11.5 Å². The molecule has 4 heteroatoms. The SMILES string of the molecule is CC1CC(=O)c2cc(OCc3ccccc3)nn2C1. The Hall–Kier alpha value is -2.10. The number of benzene rings is 1. The summed E-state index contributed by atoms with van der Waals surface area (Å²) in [4.78, 5) is 11.9. The van der Waals surface area contributed by atoms with E-state index in [1.807, 2.05) is 30.3 Å². The van der Waals surface area contributed by atoms with E-state index >= 15 is 0 Å². The number of ether oxygens (including phenoxy) is 1. The van der Waals surface area contributed by atoms with Crippen LogP contribution in [-0.4, -0.2) is 15.6 Å². The summed E-state index contributed by atoms with van der Waals surface area (Å²) >= 11 is 0. The summed E-state index contributed by atoms with van der Waals surface area (Å²) in [5.41, 5.74) is 1.76. The van der Waals surface area contributed by atoms with Crippen molar-refractivity contribution in [1.29, 1.82) is 0 Å². The van der Waals surface area contributed by atoms with Crippen LogP contribution >= 0.6 is 0 Å². The van der Waals surface area contributed by atoms with Crippen LogP contribution in [0.5, 0.6) is 5.88 Å². The van der Waals surface area contributed by atoms with Gasteiger partial charge in [-0.2, -0.15) is 0 Å². The van der Waals surface area contributed by atoms with E-state index in [0.29, 0.717) is 30.5 Å². The Bertz CT molecular complexity index is 589. The van der Waals surface area contributed by atoms with Gasteiger partial charge >= 0.3 is 0 Å². The lowest BCUT2D eigenvalue weighted by molar-refractivity contribution is 0.0924. The molecule has 19 heavy (non-hydrogen) atoms. The van der Waals surface area contributed by atoms with Crippen molar-refractivity contribution < 1.29 is 9.53 Å². The second-order valence-electron chi connectivity index (χ2n) is 5.06.